The van der Waals surface area contributed by atoms with Crippen LogP contribution in [-0.2, 0) is 11.2 Å². The maximum absolute atomic E-state index is 14.3. The monoisotopic (exact) mass is 671 g/mol. The number of aliphatic carboxylic acids is 1. The van der Waals surface area contributed by atoms with Crippen LogP contribution in [0.5, 0.6) is 11.5 Å². The quantitative estimate of drug-likeness (QED) is 0.363. The van der Waals surface area contributed by atoms with Gasteiger partial charge in [0.2, 0.25) is 0 Å². The summed E-state index contributed by atoms with van der Waals surface area (Å²) in [5, 5.41) is 8.83. The molecule has 1 unspecified atom stereocenters. The molecule has 0 amide bonds. The second kappa shape index (κ2) is 8.40. The predicted molar refractivity (Wildman–Crippen MR) is 110 cm³/mol. The SMILES string of the molecule is NC(Cc1cc(F)c(Oc2cc(I)c(F)c(I)c2)c(I)c1)C(=O)O. The van der Waals surface area contributed by atoms with Gasteiger partial charge in [0.25, 0.3) is 0 Å². The summed E-state index contributed by atoms with van der Waals surface area (Å²) in [6.07, 6.45) is 0.00881. The normalized spacial score (nSPS) is 12.1. The van der Waals surface area contributed by atoms with Gasteiger partial charge in [0.1, 0.15) is 17.6 Å². The molecule has 0 saturated heterocycles. The van der Waals surface area contributed by atoms with Crippen LogP contribution in [0.15, 0.2) is 24.3 Å². The molecule has 0 aliphatic carbocycles. The van der Waals surface area contributed by atoms with Gasteiger partial charge in [-0.15, -0.1) is 0 Å². The summed E-state index contributed by atoms with van der Waals surface area (Å²) in [4.78, 5) is 10.8. The average molecular weight is 671 g/mol. The highest BCUT2D eigenvalue weighted by molar-refractivity contribution is 14.1. The van der Waals surface area contributed by atoms with E-state index in [-0.39, 0.29) is 18.0 Å². The molecule has 0 spiro atoms. The van der Waals surface area contributed by atoms with Gasteiger partial charge < -0.3 is 15.6 Å². The van der Waals surface area contributed by atoms with Crippen LogP contribution in [0.2, 0.25) is 0 Å². The van der Waals surface area contributed by atoms with Crippen molar-refractivity contribution in [2.45, 2.75) is 12.5 Å². The van der Waals surface area contributed by atoms with Gasteiger partial charge in [0.05, 0.1) is 10.7 Å². The third-order valence-corrected chi connectivity index (χ3v) is 5.38. The molecular formula is C15H10F2I3NO3. The van der Waals surface area contributed by atoms with Crippen molar-refractivity contribution in [2.24, 2.45) is 5.73 Å². The summed E-state index contributed by atoms with van der Waals surface area (Å²) in [6, 6.07) is 4.65. The van der Waals surface area contributed by atoms with Crippen molar-refractivity contribution in [1.29, 1.82) is 0 Å². The number of carboxylic acids is 1. The molecule has 4 nitrogen and oxygen atoms in total. The van der Waals surface area contributed by atoms with Gasteiger partial charge >= 0.3 is 5.97 Å². The molecule has 0 aliphatic rings. The molecule has 2 rings (SSSR count). The van der Waals surface area contributed by atoms with Crippen LogP contribution in [-0.4, -0.2) is 17.1 Å². The van der Waals surface area contributed by atoms with Crippen molar-refractivity contribution in [1.82, 2.24) is 0 Å². The Kier molecular flexibility index (Phi) is 7.01. The van der Waals surface area contributed by atoms with E-state index in [1.54, 1.807) is 6.07 Å². The summed E-state index contributed by atoms with van der Waals surface area (Å²) in [5.74, 6) is -1.82. The topological polar surface area (TPSA) is 72.5 Å². The van der Waals surface area contributed by atoms with E-state index in [2.05, 4.69) is 0 Å². The fraction of sp³-hybridized carbons (Fsp3) is 0.133. The number of hydrogen-bond donors (Lipinski definition) is 2. The lowest BCUT2D eigenvalue weighted by molar-refractivity contribution is -0.138. The van der Waals surface area contributed by atoms with E-state index >= 15 is 0 Å². The molecule has 0 fully saturated rings. The smallest absolute Gasteiger partial charge is 0.320 e. The molecule has 2 aromatic carbocycles. The van der Waals surface area contributed by atoms with Gasteiger partial charge in [-0.3, -0.25) is 4.79 Å². The van der Waals surface area contributed by atoms with E-state index in [0.29, 0.717) is 22.0 Å². The number of halogens is 5. The van der Waals surface area contributed by atoms with E-state index < -0.39 is 17.8 Å². The molecule has 0 radical (unpaired) electrons. The van der Waals surface area contributed by atoms with E-state index in [0.717, 1.165) is 0 Å². The Morgan fingerprint density at radius 2 is 1.71 bits per heavy atom. The molecule has 0 bridgehead atoms. The number of rotatable bonds is 5. The highest BCUT2D eigenvalue weighted by atomic mass is 127. The lowest BCUT2D eigenvalue weighted by Crippen LogP contribution is -2.32. The molecule has 1 atom stereocenters. The van der Waals surface area contributed by atoms with Crippen LogP contribution in [0.3, 0.4) is 0 Å². The Labute approximate surface area is 177 Å². The third-order valence-electron chi connectivity index (χ3n) is 3.01. The minimum atomic E-state index is -1.15. The Morgan fingerprint density at radius 1 is 1.12 bits per heavy atom. The first-order chi connectivity index (χ1) is 11.2. The second-order valence-electron chi connectivity index (χ2n) is 4.84. The van der Waals surface area contributed by atoms with Gasteiger partial charge in [-0.25, -0.2) is 8.78 Å². The van der Waals surface area contributed by atoms with Crippen LogP contribution in [0, 0.1) is 22.3 Å². The minimum Gasteiger partial charge on any atom is -0.480 e. The van der Waals surface area contributed by atoms with Crippen LogP contribution in [0.1, 0.15) is 5.56 Å². The fourth-order valence-corrected chi connectivity index (χ4v) is 4.36. The molecule has 2 aromatic rings. The van der Waals surface area contributed by atoms with E-state index in [1.165, 1.54) is 18.2 Å². The highest BCUT2D eigenvalue weighted by Crippen LogP contribution is 2.33. The maximum Gasteiger partial charge on any atom is 0.320 e. The van der Waals surface area contributed by atoms with Crippen molar-refractivity contribution < 1.29 is 23.4 Å². The molecule has 0 aromatic heterocycles. The first-order valence-corrected chi connectivity index (χ1v) is 9.71. The third kappa shape index (κ3) is 4.88. The largest absolute Gasteiger partial charge is 0.480 e. The predicted octanol–water partition coefficient (Wildman–Crippen LogP) is 4.53. The summed E-state index contributed by atoms with van der Waals surface area (Å²) in [6.45, 7) is 0. The number of carboxylic acid groups (broad SMARTS) is 1. The number of ether oxygens (including phenoxy) is 1. The Morgan fingerprint density at radius 3 is 2.21 bits per heavy atom. The van der Waals surface area contributed by atoms with Crippen molar-refractivity contribution in [2.75, 3.05) is 0 Å². The number of nitrogens with two attached hydrogens (primary N) is 1. The maximum atomic E-state index is 14.3. The van der Waals surface area contributed by atoms with Gasteiger partial charge in [0, 0.05) is 0 Å². The standard InChI is InChI=1S/C15H10F2I3NO3/c16-8-1-6(3-12(21)15(22)23)2-11(20)14(8)24-7-4-9(18)13(17)10(19)5-7/h1-2,4-5,12H,3,21H2,(H,22,23). The molecule has 0 heterocycles. The van der Waals surface area contributed by atoms with Gasteiger partial charge in [-0.05, 0) is 104 Å². The first-order valence-electron chi connectivity index (χ1n) is 6.47. The van der Waals surface area contributed by atoms with E-state index in [4.69, 9.17) is 15.6 Å². The molecule has 0 aliphatic heterocycles. The minimum absolute atomic E-state index is 0.00135. The molecule has 3 N–H and O–H groups in total. The van der Waals surface area contributed by atoms with Crippen LogP contribution < -0.4 is 10.5 Å². The van der Waals surface area contributed by atoms with Crippen LogP contribution in [0.4, 0.5) is 8.78 Å². The number of carbonyl (C=O) groups is 1. The first kappa shape index (κ1) is 20.0. The van der Waals surface area contributed by atoms with Gasteiger partial charge in [0.15, 0.2) is 11.6 Å². The Bertz CT molecular complexity index is 756. The molecule has 24 heavy (non-hydrogen) atoms. The van der Waals surface area contributed by atoms with E-state index in [9.17, 15) is 13.6 Å². The molecular weight excluding hydrogens is 661 g/mol. The van der Waals surface area contributed by atoms with Crippen molar-refractivity contribution in [3.63, 3.8) is 0 Å². The molecule has 0 saturated carbocycles. The van der Waals surface area contributed by atoms with E-state index in [1.807, 2.05) is 67.8 Å². The molecule has 9 heteroatoms. The summed E-state index contributed by atoms with van der Waals surface area (Å²) in [5.41, 5.74) is 5.93. The van der Waals surface area contributed by atoms with Gasteiger partial charge in [-0.1, -0.05) is 0 Å². The number of benzene rings is 2. The van der Waals surface area contributed by atoms with Crippen LogP contribution in [0.25, 0.3) is 0 Å². The fourth-order valence-electron chi connectivity index (χ4n) is 1.88. The lowest BCUT2D eigenvalue weighted by atomic mass is 10.1. The Balaban J connectivity index is 2.30. The summed E-state index contributed by atoms with van der Waals surface area (Å²) < 4.78 is 34.7. The zero-order chi connectivity index (χ0) is 18.0. The second-order valence-corrected chi connectivity index (χ2v) is 8.33. The average Bonchev–Trinajstić information content (AvgIpc) is 2.48. The van der Waals surface area contributed by atoms with Gasteiger partial charge in [-0.2, -0.15) is 0 Å². The lowest BCUT2D eigenvalue weighted by Gasteiger charge is -2.13. The zero-order valence-corrected chi connectivity index (χ0v) is 18.3. The highest BCUT2D eigenvalue weighted by Gasteiger charge is 2.17. The Hall–Kier alpha value is -0.280. The van der Waals surface area contributed by atoms with Crippen molar-refractivity contribution in [3.05, 3.63) is 52.2 Å². The summed E-state index contributed by atoms with van der Waals surface area (Å²) >= 11 is 5.57. The molecule has 128 valence electrons. The van der Waals surface area contributed by atoms with Crippen molar-refractivity contribution in [3.8, 4) is 11.5 Å². The zero-order valence-electron chi connectivity index (χ0n) is 11.8. The van der Waals surface area contributed by atoms with Crippen molar-refractivity contribution >= 4 is 73.7 Å². The summed E-state index contributed by atoms with van der Waals surface area (Å²) in [7, 11) is 0. The van der Waals surface area contributed by atoms with Crippen LogP contribution >= 0.6 is 67.8 Å². The number of hydrogen-bond acceptors (Lipinski definition) is 3.